The molecule has 1 aromatic rings. The van der Waals surface area contributed by atoms with Gasteiger partial charge in [-0.1, -0.05) is 31.9 Å². The fourth-order valence-corrected chi connectivity index (χ4v) is 3.85. The van der Waals surface area contributed by atoms with E-state index in [9.17, 15) is 5.26 Å². The Hall–Kier alpha value is -0.720. The molecular formula is C17H22BrClN2. The summed E-state index contributed by atoms with van der Waals surface area (Å²) >= 11 is 9.47. The molecule has 2 rings (SSSR count). The number of nitrogens with zero attached hydrogens (tertiary/aromatic N) is 1. The van der Waals surface area contributed by atoms with Gasteiger partial charge in [-0.05, 0) is 71.6 Å². The summed E-state index contributed by atoms with van der Waals surface area (Å²) in [5.74, 6) is 1.33. The van der Waals surface area contributed by atoms with Crippen molar-refractivity contribution in [3.05, 3.63) is 27.7 Å². The molecule has 0 saturated heterocycles. The van der Waals surface area contributed by atoms with Crippen molar-refractivity contribution >= 4 is 33.2 Å². The van der Waals surface area contributed by atoms with Crippen LogP contribution < -0.4 is 5.32 Å². The first-order chi connectivity index (χ1) is 9.94. The van der Waals surface area contributed by atoms with Crippen LogP contribution in [0.2, 0.25) is 5.02 Å². The van der Waals surface area contributed by atoms with Gasteiger partial charge in [-0.2, -0.15) is 5.26 Å². The van der Waals surface area contributed by atoms with E-state index in [1.807, 2.05) is 18.2 Å². The third-order valence-corrected chi connectivity index (χ3v) is 5.39. The number of nitriles is 1. The quantitative estimate of drug-likeness (QED) is 0.705. The van der Waals surface area contributed by atoms with Crippen molar-refractivity contribution in [2.45, 2.75) is 51.5 Å². The van der Waals surface area contributed by atoms with E-state index in [0.717, 1.165) is 29.4 Å². The highest BCUT2D eigenvalue weighted by molar-refractivity contribution is 9.10. The standard InChI is InChI=1S/C17H22BrClN2/c1-12(2)8-13-4-3-7-17(10-13,11-20)21-14-5-6-16(19)15(18)9-14/h5-6,9,12-13,21H,3-4,7-8,10H2,1-2H3. The van der Waals surface area contributed by atoms with Gasteiger partial charge in [0.05, 0.1) is 11.1 Å². The summed E-state index contributed by atoms with van der Waals surface area (Å²) in [7, 11) is 0. The normalized spacial score (nSPS) is 25.6. The van der Waals surface area contributed by atoms with Crippen molar-refractivity contribution < 1.29 is 0 Å². The van der Waals surface area contributed by atoms with Gasteiger partial charge in [-0.15, -0.1) is 0 Å². The summed E-state index contributed by atoms with van der Waals surface area (Å²) in [6.45, 7) is 4.51. The first-order valence-corrected chi connectivity index (χ1v) is 8.76. The molecule has 0 aliphatic heterocycles. The molecule has 2 nitrogen and oxygen atoms in total. The molecule has 1 fully saturated rings. The fraction of sp³-hybridized carbons (Fsp3) is 0.588. The van der Waals surface area contributed by atoms with Crippen LogP contribution in [0.5, 0.6) is 0 Å². The monoisotopic (exact) mass is 368 g/mol. The molecule has 0 bridgehead atoms. The summed E-state index contributed by atoms with van der Waals surface area (Å²) in [6.07, 6.45) is 5.41. The van der Waals surface area contributed by atoms with E-state index in [4.69, 9.17) is 11.6 Å². The molecule has 2 atom stereocenters. The third kappa shape index (κ3) is 4.37. The van der Waals surface area contributed by atoms with Crippen molar-refractivity contribution in [3.63, 3.8) is 0 Å². The summed E-state index contributed by atoms with van der Waals surface area (Å²) < 4.78 is 0.858. The van der Waals surface area contributed by atoms with Gasteiger partial charge in [0.1, 0.15) is 5.54 Å². The second-order valence-electron chi connectivity index (χ2n) is 6.54. The van der Waals surface area contributed by atoms with Gasteiger partial charge in [0.15, 0.2) is 0 Å². The number of benzene rings is 1. The van der Waals surface area contributed by atoms with Crippen molar-refractivity contribution in [1.29, 1.82) is 5.26 Å². The van der Waals surface area contributed by atoms with E-state index >= 15 is 0 Å². The lowest BCUT2D eigenvalue weighted by atomic mass is 9.73. The lowest BCUT2D eigenvalue weighted by Gasteiger charge is -2.37. The highest BCUT2D eigenvalue weighted by atomic mass is 79.9. The molecule has 1 aromatic carbocycles. The van der Waals surface area contributed by atoms with E-state index in [1.165, 1.54) is 12.8 Å². The number of halogens is 2. The molecule has 4 heteroatoms. The van der Waals surface area contributed by atoms with Gasteiger partial charge in [0.25, 0.3) is 0 Å². The van der Waals surface area contributed by atoms with Crippen LogP contribution in [0.4, 0.5) is 5.69 Å². The van der Waals surface area contributed by atoms with Gasteiger partial charge in [0.2, 0.25) is 0 Å². The van der Waals surface area contributed by atoms with E-state index in [1.54, 1.807) is 0 Å². The number of nitrogens with one attached hydrogen (secondary N) is 1. The second kappa shape index (κ2) is 7.03. The van der Waals surface area contributed by atoms with Gasteiger partial charge in [-0.25, -0.2) is 0 Å². The number of hydrogen-bond acceptors (Lipinski definition) is 2. The Labute approximate surface area is 141 Å². The largest absolute Gasteiger partial charge is 0.367 e. The molecule has 114 valence electrons. The highest BCUT2D eigenvalue weighted by Crippen LogP contribution is 2.38. The van der Waals surface area contributed by atoms with Crippen LogP contribution in [0.25, 0.3) is 0 Å². The predicted octanol–water partition coefficient (Wildman–Crippen LogP) is 6.01. The maximum atomic E-state index is 9.73. The summed E-state index contributed by atoms with van der Waals surface area (Å²) in [5.41, 5.74) is 0.517. The average molecular weight is 370 g/mol. The Morgan fingerprint density at radius 2 is 2.29 bits per heavy atom. The minimum Gasteiger partial charge on any atom is -0.367 e. The van der Waals surface area contributed by atoms with Crippen LogP contribution in [0.15, 0.2) is 22.7 Å². The molecule has 0 amide bonds. The minimum absolute atomic E-state index is 0.439. The van der Waals surface area contributed by atoms with Crippen LogP contribution in [-0.4, -0.2) is 5.54 Å². The highest BCUT2D eigenvalue weighted by Gasteiger charge is 2.36. The maximum absolute atomic E-state index is 9.73. The van der Waals surface area contributed by atoms with Crippen LogP contribution in [0, 0.1) is 23.2 Å². The van der Waals surface area contributed by atoms with E-state index < -0.39 is 5.54 Å². The second-order valence-corrected chi connectivity index (χ2v) is 7.80. The molecule has 2 unspecified atom stereocenters. The molecule has 0 spiro atoms. The zero-order valence-corrected chi connectivity index (χ0v) is 15.0. The minimum atomic E-state index is -0.439. The Morgan fingerprint density at radius 1 is 1.52 bits per heavy atom. The predicted molar refractivity (Wildman–Crippen MR) is 92.5 cm³/mol. The number of rotatable bonds is 4. The Morgan fingerprint density at radius 3 is 2.90 bits per heavy atom. The lowest BCUT2D eigenvalue weighted by Crippen LogP contribution is -2.41. The van der Waals surface area contributed by atoms with Crippen molar-refractivity contribution in [1.82, 2.24) is 0 Å². The molecule has 0 aromatic heterocycles. The average Bonchev–Trinajstić information content (AvgIpc) is 2.42. The van der Waals surface area contributed by atoms with Crippen molar-refractivity contribution in [2.75, 3.05) is 5.32 Å². The number of anilines is 1. The van der Waals surface area contributed by atoms with E-state index in [0.29, 0.717) is 16.9 Å². The summed E-state index contributed by atoms with van der Waals surface area (Å²) in [4.78, 5) is 0. The van der Waals surface area contributed by atoms with Crippen LogP contribution in [0.1, 0.15) is 46.0 Å². The maximum Gasteiger partial charge on any atom is 0.125 e. The molecule has 1 aliphatic carbocycles. The van der Waals surface area contributed by atoms with Gasteiger partial charge < -0.3 is 5.32 Å². The summed E-state index contributed by atoms with van der Waals surface area (Å²) in [6, 6.07) is 8.29. The Bertz CT molecular complexity index is 538. The van der Waals surface area contributed by atoms with Crippen LogP contribution >= 0.6 is 27.5 Å². The molecule has 1 N–H and O–H groups in total. The van der Waals surface area contributed by atoms with Crippen LogP contribution in [-0.2, 0) is 0 Å². The smallest absolute Gasteiger partial charge is 0.125 e. The number of hydrogen-bond donors (Lipinski definition) is 1. The van der Waals surface area contributed by atoms with Crippen LogP contribution in [0.3, 0.4) is 0 Å². The zero-order valence-electron chi connectivity index (χ0n) is 12.6. The Kier molecular flexibility index (Phi) is 5.57. The van der Waals surface area contributed by atoms with Gasteiger partial charge in [0, 0.05) is 10.2 Å². The SMILES string of the molecule is CC(C)CC1CCCC(C#N)(Nc2ccc(Cl)c(Br)c2)C1. The first-order valence-electron chi connectivity index (χ1n) is 7.58. The fourth-order valence-electron chi connectivity index (χ4n) is 3.35. The third-order valence-electron chi connectivity index (χ3n) is 4.18. The molecule has 0 radical (unpaired) electrons. The molecule has 21 heavy (non-hydrogen) atoms. The topological polar surface area (TPSA) is 35.8 Å². The Balaban J connectivity index is 2.13. The molecule has 1 saturated carbocycles. The van der Waals surface area contributed by atoms with Crippen molar-refractivity contribution in [2.24, 2.45) is 11.8 Å². The first kappa shape index (κ1) is 16.6. The molecule has 0 heterocycles. The van der Waals surface area contributed by atoms with Crippen molar-refractivity contribution in [3.8, 4) is 6.07 Å². The lowest BCUT2D eigenvalue weighted by molar-refractivity contribution is 0.254. The van der Waals surface area contributed by atoms with Gasteiger partial charge in [-0.3, -0.25) is 0 Å². The molecular weight excluding hydrogens is 348 g/mol. The summed E-state index contributed by atoms with van der Waals surface area (Å²) in [5, 5.41) is 13.9. The van der Waals surface area contributed by atoms with E-state index in [-0.39, 0.29) is 0 Å². The van der Waals surface area contributed by atoms with Gasteiger partial charge >= 0.3 is 0 Å². The molecule has 1 aliphatic rings. The zero-order chi connectivity index (χ0) is 15.5. The van der Waals surface area contributed by atoms with E-state index in [2.05, 4.69) is 41.2 Å².